The van der Waals surface area contributed by atoms with Crippen molar-refractivity contribution in [2.75, 3.05) is 10.6 Å². The second-order valence-corrected chi connectivity index (χ2v) is 8.71. The molecule has 3 aromatic carbocycles. The van der Waals surface area contributed by atoms with Crippen LogP contribution in [0.1, 0.15) is 34.8 Å². The maximum Gasteiger partial charge on any atom is 0.416 e. The van der Waals surface area contributed by atoms with Gasteiger partial charge in [0.05, 0.1) is 10.8 Å². The van der Waals surface area contributed by atoms with Gasteiger partial charge in [-0.1, -0.05) is 36.8 Å². The molecule has 0 aliphatic heterocycles. The van der Waals surface area contributed by atoms with Crippen molar-refractivity contribution in [3.8, 4) is 0 Å². The van der Waals surface area contributed by atoms with Crippen LogP contribution in [0.3, 0.4) is 0 Å². The van der Waals surface area contributed by atoms with Gasteiger partial charge in [-0.05, 0) is 61.9 Å². The summed E-state index contributed by atoms with van der Waals surface area (Å²) in [6, 6.07) is 18.9. The highest BCUT2D eigenvalue weighted by Crippen LogP contribution is 2.32. The van der Waals surface area contributed by atoms with Gasteiger partial charge in [-0.3, -0.25) is 9.59 Å². The van der Waals surface area contributed by atoms with E-state index in [1.807, 2.05) is 32.0 Å². The number of thioether (sulfide) groups is 1. The lowest BCUT2D eigenvalue weighted by Crippen LogP contribution is -2.24. The number of hydrogen-bond acceptors (Lipinski definition) is 3. The highest BCUT2D eigenvalue weighted by molar-refractivity contribution is 8.00. The van der Waals surface area contributed by atoms with E-state index in [2.05, 4.69) is 10.6 Å². The molecular formula is C25H23F3N2O2S. The average molecular weight is 473 g/mol. The summed E-state index contributed by atoms with van der Waals surface area (Å²) in [6.45, 7) is 3.73. The SMILES string of the molecule is CCC(Sc1cccc(NC(=O)c2cccc(C)c2)c1)C(=O)Nc1cccc(C(F)(F)F)c1. The number of benzene rings is 3. The fourth-order valence-electron chi connectivity index (χ4n) is 3.12. The van der Waals surface area contributed by atoms with Gasteiger partial charge in [0, 0.05) is 21.8 Å². The van der Waals surface area contributed by atoms with E-state index in [1.165, 1.54) is 23.9 Å². The van der Waals surface area contributed by atoms with Crippen LogP contribution in [0, 0.1) is 6.92 Å². The third-order valence-electron chi connectivity index (χ3n) is 4.77. The lowest BCUT2D eigenvalue weighted by Gasteiger charge is -2.16. The van der Waals surface area contributed by atoms with E-state index in [4.69, 9.17) is 0 Å². The highest BCUT2D eigenvalue weighted by atomic mass is 32.2. The summed E-state index contributed by atoms with van der Waals surface area (Å²) in [6.07, 6.45) is -4.02. The van der Waals surface area contributed by atoms with Crippen molar-refractivity contribution < 1.29 is 22.8 Å². The van der Waals surface area contributed by atoms with E-state index >= 15 is 0 Å². The summed E-state index contributed by atoms with van der Waals surface area (Å²) in [5.74, 6) is -0.633. The second-order valence-electron chi connectivity index (χ2n) is 7.43. The molecule has 0 heterocycles. The summed E-state index contributed by atoms with van der Waals surface area (Å²) in [7, 11) is 0. The Labute approximate surface area is 194 Å². The zero-order valence-electron chi connectivity index (χ0n) is 18.1. The van der Waals surface area contributed by atoms with Crippen LogP contribution in [0.25, 0.3) is 0 Å². The molecule has 172 valence electrons. The normalized spacial score (nSPS) is 12.2. The molecule has 2 amide bonds. The minimum absolute atomic E-state index is 0.0908. The van der Waals surface area contributed by atoms with Crippen LogP contribution < -0.4 is 10.6 Å². The quantitative estimate of drug-likeness (QED) is 0.373. The maximum absolute atomic E-state index is 12.9. The van der Waals surface area contributed by atoms with Crippen LogP contribution in [0.4, 0.5) is 24.5 Å². The number of hydrogen-bond donors (Lipinski definition) is 2. The number of carbonyl (C=O) groups excluding carboxylic acids is 2. The molecule has 0 bridgehead atoms. The van der Waals surface area contributed by atoms with E-state index in [0.29, 0.717) is 17.7 Å². The van der Waals surface area contributed by atoms with E-state index in [-0.39, 0.29) is 11.6 Å². The van der Waals surface area contributed by atoms with Crippen LogP contribution in [-0.4, -0.2) is 17.1 Å². The average Bonchev–Trinajstić information content (AvgIpc) is 2.77. The Hall–Kier alpha value is -3.26. The molecule has 0 fully saturated rings. The van der Waals surface area contributed by atoms with Crippen molar-refractivity contribution >= 4 is 35.0 Å². The first-order valence-corrected chi connectivity index (χ1v) is 11.2. The highest BCUT2D eigenvalue weighted by Gasteiger charge is 2.30. The molecule has 0 radical (unpaired) electrons. The largest absolute Gasteiger partial charge is 0.416 e. The Kier molecular flexibility index (Phi) is 7.81. The van der Waals surface area contributed by atoms with Crippen molar-refractivity contribution in [1.29, 1.82) is 0 Å². The summed E-state index contributed by atoms with van der Waals surface area (Å²) in [4.78, 5) is 26.0. The van der Waals surface area contributed by atoms with Gasteiger partial charge in [0.2, 0.25) is 5.91 Å². The molecule has 0 aromatic heterocycles. The van der Waals surface area contributed by atoms with Crippen molar-refractivity contribution in [3.05, 3.63) is 89.5 Å². The molecule has 0 spiro atoms. The van der Waals surface area contributed by atoms with Crippen LogP contribution in [-0.2, 0) is 11.0 Å². The number of rotatable bonds is 7. The van der Waals surface area contributed by atoms with E-state index in [9.17, 15) is 22.8 Å². The van der Waals surface area contributed by atoms with E-state index < -0.39 is 22.9 Å². The third kappa shape index (κ3) is 6.86. The van der Waals surface area contributed by atoms with Crippen LogP contribution in [0.2, 0.25) is 0 Å². The molecule has 3 aromatic rings. The Bertz CT molecular complexity index is 1150. The first-order chi connectivity index (χ1) is 15.7. The number of alkyl halides is 3. The van der Waals surface area contributed by atoms with Gasteiger partial charge in [-0.25, -0.2) is 0 Å². The predicted octanol–water partition coefficient (Wildman–Crippen LogP) is 6.78. The smallest absolute Gasteiger partial charge is 0.325 e. The first kappa shape index (κ1) is 24.4. The molecule has 1 unspecified atom stereocenters. The van der Waals surface area contributed by atoms with Gasteiger partial charge < -0.3 is 10.6 Å². The molecule has 0 saturated heterocycles. The molecule has 0 aliphatic rings. The number of halogens is 3. The summed E-state index contributed by atoms with van der Waals surface area (Å²) >= 11 is 1.28. The molecule has 0 aliphatic carbocycles. The topological polar surface area (TPSA) is 58.2 Å². The molecule has 4 nitrogen and oxygen atoms in total. The number of nitrogens with one attached hydrogen (secondary N) is 2. The van der Waals surface area contributed by atoms with Crippen molar-refractivity contribution in [2.45, 2.75) is 36.6 Å². The standard InChI is InChI=1S/C25H23F3N2O2S/c1-3-22(24(32)30-19-10-5-9-18(14-19)25(26,27)28)33-21-12-6-11-20(15-21)29-23(31)17-8-4-7-16(2)13-17/h4-15,22H,3H2,1-2H3,(H,29,31)(H,30,32). The molecular weight excluding hydrogens is 449 g/mol. The number of aryl methyl sites for hydroxylation is 1. The van der Waals surface area contributed by atoms with Crippen molar-refractivity contribution in [3.63, 3.8) is 0 Å². The first-order valence-electron chi connectivity index (χ1n) is 10.3. The van der Waals surface area contributed by atoms with Gasteiger partial charge in [-0.15, -0.1) is 11.8 Å². The Morgan fingerprint density at radius 1 is 0.909 bits per heavy atom. The zero-order valence-corrected chi connectivity index (χ0v) is 18.9. The van der Waals surface area contributed by atoms with Crippen LogP contribution in [0.5, 0.6) is 0 Å². The van der Waals surface area contributed by atoms with E-state index in [0.717, 1.165) is 22.6 Å². The van der Waals surface area contributed by atoms with Gasteiger partial charge in [0.1, 0.15) is 0 Å². The third-order valence-corrected chi connectivity index (χ3v) is 6.13. The Balaban J connectivity index is 1.67. The lowest BCUT2D eigenvalue weighted by molar-refractivity contribution is -0.137. The van der Waals surface area contributed by atoms with Crippen molar-refractivity contribution in [2.24, 2.45) is 0 Å². The number of anilines is 2. The zero-order chi connectivity index (χ0) is 24.0. The molecule has 33 heavy (non-hydrogen) atoms. The van der Waals surface area contributed by atoms with Crippen LogP contribution in [0.15, 0.2) is 77.7 Å². The Morgan fingerprint density at radius 2 is 1.58 bits per heavy atom. The number of amides is 2. The summed E-state index contributed by atoms with van der Waals surface area (Å²) in [5.41, 5.74) is 1.37. The van der Waals surface area contributed by atoms with E-state index in [1.54, 1.807) is 30.3 Å². The summed E-state index contributed by atoms with van der Waals surface area (Å²) < 4.78 is 38.8. The monoisotopic (exact) mass is 472 g/mol. The number of carbonyl (C=O) groups is 2. The van der Waals surface area contributed by atoms with Gasteiger partial charge >= 0.3 is 6.18 Å². The van der Waals surface area contributed by atoms with Gasteiger partial charge in [0.25, 0.3) is 5.91 Å². The molecule has 8 heteroatoms. The fourth-order valence-corrected chi connectivity index (χ4v) is 4.13. The summed E-state index contributed by atoms with van der Waals surface area (Å²) in [5, 5.41) is 4.89. The van der Waals surface area contributed by atoms with Crippen molar-refractivity contribution in [1.82, 2.24) is 0 Å². The molecule has 1 atom stereocenters. The molecule has 0 saturated carbocycles. The van der Waals surface area contributed by atoms with Gasteiger partial charge in [-0.2, -0.15) is 13.2 Å². The predicted molar refractivity (Wildman–Crippen MR) is 126 cm³/mol. The van der Waals surface area contributed by atoms with Gasteiger partial charge in [0.15, 0.2) is 0 Å². The molecule has 2 N–H and O–H groups in total. The minimum Gasteiger partial charge on any atom is -0.325 e. The molecule has 3 rings (SSSR count). The minimum atomic E-state index is -4.48. The Morgan fingerprint density at radius 3 is 2.24 bits per heavy atom. The second kappa shape index (κ2) is 10.6. The lowest BCUT2D eigenvalue weighted by atomic mass is 10.1. The maximum atomic E-state index is 12.9. The van der Waals surface area contributed by atoms with Crippen LogP contribution >= 0.6 is 11.8 Å². The fraction of sp³-hybridized carbons (Fsp3) is 0.200.